The Morgan fingerprint density at radius 1 is 1.15 bits per heavy atom. The Morgan fingerprint density at radius 2 is 1.73 bits per heavy atom. The van der Waals surface area contributed by atoms with E-state index in [4.69, 9.17) is 14.8 Å². The first-order chi connectivity index (χ1) is 15.3. The average Bonchev–Trinajstić information content (AvgIpc) is 3.01. The number of alkyl halides is 2. The minimum Gasteiger partial charge on any atom is -0.384 e. The van der Waals surface area contributed by atoms with E-state index in [0.717, 1.165) is 11.1 Å². The van der Waals surface area contributed by atoms with Crippen LogP contribution < -0.4 is 16.4 Å². The lowest BCUT2D eigenvalue weighted by Gasteiger charge is -2.07. The van der Waals surface area contributed by atoms with Crippen LogP contribution in [0.3, 0.4) is 0 Å². The van der Waals surface area contributed by atoms with Gasteiger partial charge < -0.3 is 15.6 Å². The number of carbonyl (C=O) groups excluding carboxylic acids is 1. The minimum absolute atomic E-state index is 0.0502. The molecule has 4 rings (SSSR count). The third-order valence-electron chi connectivity index (χ3n) is 4.82. The summed E-state index contributed by atoms with van der Waals surface area (Å²) < 4.78 is 57.6. The summed E-state index contributed by atoms with van der Waals surface area (Å²) in [6.45, 7) is 1.40. The minimum atomic E-state index is -3.67. The quantitative estimate of drug-likeness (QED) is 0.410. The van der Waals surface area contributed by atoms with Crippen molar-refractivity contribution < 1.29 is 31.1 Å². The van der Waals surface area contributed by atoms with Gasteiger partial charge in [0.25, 0.3) is 16.0 Å². The van der Waals surface area contributed by atoms with Crippen molar-refractivity contribution >= 4 is 33.5 Å². The molecular formula is C20H21F2N5O5S. The van der Waals surface area contributed by atoms with E-state index in [1.807, 2.05) is 18.2 Å². The largest absolute Gasteiger partial charge is 0.384 e. The summed E-state index contributed by atoms with van der Waals surface area (Å²) in [4.78, 5) is 16.1. The second-order valence-corrected chi connectivity index (χ2v) is 9.12. The molecule has 33 heavy (non-hydrogen) atoms. The number of anilines is 3. The number of pyridine rings is 1. The Morgan fingerprint density at radius 3 is 2.24 bits per heavy atom. The lowest BCUT2D eigenvalue weighted by Crippen LogP contribution is -2.19. The molecule has 10 nitrogen and oxygen atoms in total. The molecule has 0 radical (unpaired) electrons. The molecule has 176 valence electrons. The molecule has 13 heteroatoms. The molecule has 1 aliphatic rings. The highest BCUT2D eigenvalue weighted by Gasteiger charge is 2.71. The molecule has 1 unspecified atom stereocenters. The number of hydrogen-bond donors (Lipinski definition) is 4. The zero-order valence-electron chi connectivity index (χ0n) is 17.5. The lowest BCUT2D eigenvalue weighted by atomic mass is 10.1. The summed E-state index contributed by atoms with van der Waals surface area (Å²) >= 11 is 0. The Kier molecular flexibility index (Phi) is 6.38. The molecule has 1 aromatic carbocycles. The third-order valence-corrected chi connectivity index (χ3v) is 4.82. The first kappa shape index (κ1) is 24.1. The van der Waals surface area contributed by atoms with Gasteiger partial charge in [0.05, 0.1) is 11.7 Å². The number of nitrogens with zero attached hydrogens (tertiary/aromatic N) is 2. The van der Waals surface area contributed by atoms with Crippen molar-refractivity contribution in [2.75, 3.05) is 22.6 Å². The van der Waals surface area contributed by atoms with Crippen molar-refractivity contribution in [2.45, 2.75) is 24.7 Å². The number of nitrogen functional groups attached to an aromatic ring is 1. The molecule has 2 heterocycles. The zero-order chi connectivity index (χ0) is 24.4. The van der Waals surface area contributed by atoms with Gasteiger partial charge in [-0.1, -0.05) is 17.3 Å². The summed E-state index contributed by atoms with van der Waals surface area (Å²) in [5, 5.41) is 8.74. The summed E-state index contributed by atoms with van der Waals surface area (Å²) in [5.41, 5.74) is 6.58. The Labute approximate surface area is 187 Å². The van der Waals surface area contributed by atoms with Crippen LogP contribution >= 0.6 is 0 Å². The van der Waals surface area contributed by atoms with Crippen LogP contribution in [0.4, 0.5) is 30.9 Å². The van der Waals surface area contributed by atoms with Gasteiger partial charge in [0.1, 0.15) is 5.82 Å². The summed E-state index contributed by atoms with van der Waals surface area (Å²) in [5.74, 6) is -2.25. The Bertz CT molecular complexity index is 1240. The van der Waals surface area contributed by atoms with E-state index in [1.54, 1.807) is 24.4 Å². The number of benzene rings is 1. The van der Waals surface area contributed by atoms with Crippen LogP contribution in [0.5, 0.6) is 0 Å². The predicted octanol–water partition coefficient (Wildman–Crippen LogP) is 3.76. The number of amides is 2. The smallest absolute Gasteiger partial charge is 0.324 e. The van der Waals surface area contributed by atoms with Gasteiger partial charge in [-0.05, 0) is 36.8 Å². The number of rotatable bonds is 4. The van der Waals surface area contributed by atoms with Crippen molar-refractivity contribution in [1.29, 1.82) is 0 Å². The molecular weight excluding hydrogens is 460 g/mol. The molecule has 2 amide bonds. The van der Waals surface area contributed by atoms with Crippen LogP contribution in [0, 0.1) is 0 Å². The molecule has 0 saturated heterocycles. The maximum absolute atomic E-state index is 13.4. The van der Waals surface area contributed by atoms with Gasteiger partial charge in [-0.25, -0.2) is 18.6 Å². The standard InChI is InChI=1S/C19H17F2N5O2.CH4O3S/c1-18(10-19(18,20)21)14-8-16(26-28-14)25-17(27)24-13-5-2-11(3-6-13)12-4-7-15(22)23-9-12;1-5(2,3)4/h2-9H,10H2,1H3,(H2,22,23)(H2,24,25,26,27);1H3,(H,2,3,4). The number of carbonyl (C=O) groups is 1. The first-order valence-corrected chi connectivity index (χ1v) is 11.3. The molecule has 0 aliphatic heterocycles. The molecule has 5 N–H and O–H groups in total. The van der Waals surface area contributed by atoms with Crippen molar-refractivity contribution in [3.05, 3.63) is 54.4 Å². The summed E-state index contributed by atoms with van der Waals surface area (Å²) in [6.07, 6.45) is 2.08. The highest BCUT2D eigenvalue weighted by atomic mass is 32.2. The number of hydrogen-bond acceptors (Lipinski definition) is 7. The van der Waals surface area contributed by atoms with E-state index in [-0.39, 0.29) is 18.0 Å². The normalized spacial score (nSPS) is 18.6. The molecule has 1 atom stereocenters. The second-order valence-electron chi connectivity index (χ2n) is 7.65. The number of aromatic nitrogens is 2. The topological polar surface area (TPSA) is 160 Å². The van der Waals surface area contributed by atoms with Gasteiger partial charge in [0.2, 0.25) is 0 Å². The lowest BCUT2D eigenvalue weighted by molar-refractivity contribution is 0.0846. The average molecular weight is 481 g/mol. The molecule has 1 fully saturated rings. The van der Waals surface area contributed by atoms with Crippen LogP contribution in [0.15, 0.2) is 53.2 Å². The van der Waals surface area contributed by atoms with Crippen LogP contribution in [0.2, 0.25) is 0 Å². The number of urea groups is 1. The molecule has 3 aromatic rings. The zero-order valence-corrected chi connectivity index (χ0v) is 18.4. The van der Waals surface area contributed by atoms with Crippen molar-refractivity contribution in [2.24, 2.45) is 0 Å². The van der Waals surface area contributed by atoms with Crippen LogP contribution in [-0.4, -0.2) is 41.3 Å². The third kappa shape index (κ3) is 6.23. The van der Waals surface area contributed by atoms with E-state index >= 15 is 0 Å². The number of nitrogens with two attached hydrogens (primary N) is 1. The highest BCUT2D eigenvalue weighted by Crippen LogP contribution is 2.61. The van der Waals surface area contributed by atoms with Crippen molar-refractivity contribution in [3.63, 3.8) is 0 Å². The molecule has 1 aliphatic carbocycles. The van der Waals surface area contributed by atoms with E-state index in [2.05, 4.69) is 20.8 Å². The van der Waals surface area contributed by atoms with E-state index < -0.39 is 27.5 Å². The molecule has 0 bridgehead atoms. The van der Waals surface area contributed by atoms with E-state index in [0.29, 0.717) is 17.8 Å². The number of nitrogens with one attached hydrogen (secondary N) is 2. The molecule has 0 spiro atoms. The molecule has 2 aromatic heterocycles. The van der Waals surface area contributed by atoms with Gasteiger partial charge in [0, 0.05) is 29.9 Å². The van der Waals surface area contributed by atoms with Crippen molar-refractivity contribution in [3.8, 4) is 11.1 Å². The maximum atomic E-state index is 13.4. The van der Waals surface area contributed by atoms with Crippen LogP contribution in [0.25, 0.3) is 11.1 Å². The number of halogens is 2. The summed E-state index contributed by atoms with van der Waals surface area (Å²) in [6, 6.07) is 11.4. The fourth-order valence-electron chi connectivity index (χ4n) is 2.86. The van der Waals surface area contributed by atoms with Gasteiger partial charge >= 0.3 is 6.03 Å². The monoisotopic (exact) mass is 481 g/mol. The van der Waals surface area contributed by atoms with Crippen LogP contribution in [-0.2, 0) is 15.5 Å². The SMILES string of the molecule is CC1(c2cc(NC(=O)Nc3ccc(-c4ccc(N)nc4)cc3)no2)CC1(F)F.CS(=O)(=O)O. The highest BCUT2D eigenvalue weighted by molar-refractivity contribution is 7.85. The van der Waals surface area contributed by atoms with Crippen molar-refractivity contribution in [1.82, 2.24) is 10.1 Å². The van der Waals surface area contributed by atoms with Gasteiger partial charge in [0.15, 0.2) is 11.6 Å². The second kappa shape index (κ2) is 8.75. The Hall–Kier alpha value is -3.58. The van der Waals surface area contributed by atoms with E-state index in [1.165, 1.54) is 13.0 Å². The molecule has 1 saturated carbocycles. The van der Waals surface area contributed by atoms with E-state index in [9.17, 15) is 22.0 Å². The van der Waals surface area contributed by atoms with Gasteiger partial charge in [-0.3, -0.25) is 9.87 Å². The maximum Gasteiger partial charge on any atom is 0.324 e. The van der Waals surface area contributed by atoms with Gasteiger partial charge in [-0.2, -0.15) is 8.42 Å². The first-order valence-electron chi connectivity index (χ1n) is 9.44. The van der Waals surface area contributed by atoms with Crippen LogP contribution in [0.1, 0.15) is 19.1 Å². The predicted molar refractivity (Wildman–Crippen MR) is 118 cm³/mol. The van der Waals surface area contributed by atoms with Gasteiger partial charge in [-0.15, -0.1) is 0 Å². The fraction of sp³-hybridized carbons (Fsp3) is 0.250. The fourth-order valence-corrected chi connectivity index (χ4v) is 2.86. The Balaban J connectivity index is 0.000000555. The summed E-state index contributed by atoms with van der Waals surface area (Å²) in [7, 11) is -3.67.